The van der Waals surface area contributed by atoms with Crippen LogP contribution < -0.4 is 5.32 Å². The van der Waals surface area contributed by atoms with Gasteiger partial charge in [-0.15, -0.1) is 0 Å². The lowest BCUT2D eigenvalue weighted by Gasteiger charge is -2.16. The van der Waals surface area contributed by atoms with Crippen LogP contribution in [-0.2, 0) is 4.79 Å². The van der Waals surface area contributed by atoms with Gasteiger partial charge in [-0.05, 0) is 41.8 Å². The standard InChI is InChI=1S/C17H12Cl4N2O/c1-9-6-12(13(8-22)10-2-4-11(18)5-3-10)14(19)7-15(9)23-17(24)16(20)21/h2-7,13,16H,1H3,(H,23,24)/t13-/m0/s1. The lowest BCUT2D eigenvalue weighted by atomic mass is 9.91. The van der Waals surface area contributed by atoms with E-state index in [-0.39, 0.29) is 0 Å². The summed E-state index contributed by atoms with van der Waals surface area (Å²) >= 11 is 23.3. The SMILES string of the molecule is Cc1cc([C@@H](C#N)c2ccc(Cl)cc2)c(Cl)cc1NC(=O)C(Cl)Cl. The molecule has 2 rings (SSSR count). The first-order valence-corrected chi connectivity index (χ1v) is 8.50. The number of alkyl halides is 2. The van der Waals surface area contributed by atoms with E-state index in [1.807, 2.05) is 0 Å². The van der Waals surface area contributed by atoms with Gasteiger partial charge < -0.3 is 5.32 Å². The molecule has 0 saturated carbocycles. The molecule has 0 spiro atoms. The topological polar surface area (TPSA) is 52.9 Å². The van der Waals surface area contributed by atoms with E-state index >= 15 is 0 Å². The number of carbonyl (C=O) groups excluding carboxylic acids is 1. The van der Waals surface area contributed by atoms with E-state index in [1.54, 1.807) is 43.3 Å². The maximum atomic E-state index is 11.6. The van der Waals surface area contributed by atoms with E-state index in [4.69, 9.17) is 46.4 Å². The lowest BCUT2D eigenvalue weighted by Crippen LogP contribution is -2.19. The number of carbonyl (C=O) groups is 1. The Morgan fingerprint density at radius 1 is 1.17 bits per heavy atom. The Hall–Kier alpha value is -1.44. The average Bonchev–Trinajstić information content (AvgIpc) is 2.54. The molecule has 0 unspecified atom stereocenters. The number of hydrogen-bond donors (Lipinski definition) is 1. The number of nitrogens with one attached hydrogen (secondary N) is 1. The van der Waals surface area contributed by atoms with E-state index in [0.29, 0.717) is 21.3 Å². The Morgan fingerprint density at radius 3 is 2.33 bits per heavy atom. The Bertz CT molecular complexity index is 797. The molecule has 0 fully saturated rings. The van der Waals surface area contributed by atoms with Crippen molar-refractivity contribution in [1.82, 2.24) is 0 Å². The van der Waals surface area contributed by atoms with E-state index < -0.39 is 16.7 Å². The molecule has 0 aliphatic heterocycles. The van der Waals surface area contributed by atoms with Crippen molar-refractivity contribution in [1.29, 1.82) is 5.26 Å². The first kappa shape index (κ1) is 18.9. The first-order chi connectivity index (χ1) is 11.3. The van der Waals surface area contributed by atoms with Gasteiger partial charge in [0.2, 0.25) is 0 Å². The summed E-state index contributed by atoms with van der Waals surface area (Å²) in [5.41, 5.74) is 2.66. The number of aryl methyl sites for hydroxylation is 1. The van der Waals surface area contributed by atoms with Gasteiger partial charge in [0.25, 0.3) is 5.91 Å². The summed E-state index contributed by atoms with van der Waals surface area (Å²) in [6, 6.07) is 12.6. The van der Waals surface area contributed by atoms with E-state index in [2.05, 4.69) is 11.4 Å². The highest BCUT2D eigenvalue weighted by atomic mass is 35.5. The van der Waals surface area contributed by atoms with Crippen LogP contribution in [0.1, 0.15) is 22.6 Å². The van der Waals surface area contributed by atoms with Crippen LogP contribution in [-0.4, -0.2) is 10.7 Å². The fourth-order valence-corrected chi connectivity index (χ4v) is 2.73. The molecule has 1 N–H and O–H groups in total. The van der Waals surface area contributed by atoms with Crippen molar-refractivity contribution in [3.63, 3.8) is 0 Å². The second kappa shape index (κ2) is 8.09. The highest BCUT2D eigenvalue weighted by molar-refractivity contribution is 6.54. The number of nitriles is 1. The fraction of sp³-hybridized carbons (Fsp3) is 0.176. The number of benzene rings is 2. The smallest absolute Gasteiger partial charge is 0.257 e. The third-order valence-electron chi connectivity index (χ3n) is 3.44. The van der Waals surface area contributed by atoms with Gasteiger partial charge in [0, 0.05) is 15.7 Å². The van der Waals surface area contributed by atoms with Gasteiger partial charge in [-0.1, -0.05) is 64.6 Å². The van der Waals surface area contributed by atoms with Gasteiger partial charge in [0.1, 0.15) is 0 Å². The summed E-state index contributed by atoms with van der Waals surface area (Å²) in [6.45, 7) is 1.79. The molecule has 1 atom stereocenters. The van der Waals surface area contributed by atoms with Crippen molar-refractivity contribution < 1.29 is 4.79 Å². The van der Waals surface area contributed by atoms with Crippen LogP contribution in [0.2, 0.25) is 10.0 Å². The zero-order valence-electron chi connectivity index (χ0n) is 12.5. The number of hydrogen-bond acceptors (Lipinski definition) is 2. The minimum atomic E-state index is -1.18. The third kappa shape index (κ3) is 4.34. The van der Waals surface area contributed by atoms with Crippen LogP contribution in [0.25, 0.3) is 0 Å². The molecule has 0 bridgehead atoms. The summed E-state index contributed by atoms with van der Waals surface area (Å²) in [6.07, 6.45) is 0. The van der Waals surface area contributed by atoms with Gasteiger partial charge in [-0.3, -0.25) is 4.79 Å². The molecule has 24 heavy (non-hydrogen) atoms. The van der Waals surface area contributed by atoms with Crippen molar-refractivity contribution in [3.8, 4) is 6.07 Å². The Morgan fingerprint density at radius 2 is 1.79 bits per heavy atom. The van der Waals surface area contributed by atoms with Crippen LogP contribution in [0.15, 0.2) is 36.4 Å². The fourth-order valence-electron chi connectivity index (χ4n) is 2.23. The van der Waals surface area contributed by atoms with Gasteiger partial charge >= 0.3 is 0 Å². The number of amides is 1. The maximum Gasteiger partial charge on any atom is 0.257 e. The maximum absolute atomic E-state index is 11.6. The van der Waals surface area contributed by atoms with Crippen molar-refractivity contribution in [3.05, 3.63) is 63.1 Å². The van der Waals surface area contributed by atoms with Crippen molar-refractivity contribution in [2.24, 2.45) is 0 Å². The van der Waals surface area contributed by atoms with E-state index in [1.165, 1.54) is 0 Å². The molecule has 1 amide bonds. The van der Waals surface area contributed by atoms with E-state index in [9.17, 15) is 10.1 Å². The summed E-state index contributed by atoms with van der Waals surface area (Å²) in [5, 5.41) is 13.1. The lowest BCUT2D eigenvalue weighted by molar-refractivity contribution is -0.114. The number of halogens is 4. The summed E-state index contributed by atoms with van der Waals surface area (Å²) < 4.78 is 0. The zero-order chi connectivity index (χ0) is 17.9. The molecule has 2 aromatic carbocycles. The van der Waals surface area contributed by atoms with E-state index in [0.717, 1.165) is 11.1 Å². The highest BCUT2D eigenvalue weighted by Gasteiger charge is 2.20. The minimum absolute atomic E-state index is 0.359. The average molecular weight is 402 g/mol. The molecule has 0 saturated heterocycles. The van der Waals surface area contributed by atoms with Crippen LogP contribution in [0.3, 0.4) is 0 Å². The molecule has 124 valence electrons. The van der Waals surface area contributed by atoms with Crippen molar-refractivity contribution >= 4 is 58.0 Å². The van der Waals surface area contributed by atoms with Crippen LogP contribution in [0.4, 0.5) is 5.69 Å². The molecular formula is C17H12Cl4N2O. The monoisotopic (exact) mass is 400 g/mol. The second-order valence-corrected chi connectivity index (χ2v) is 7.03. The van der Waals surface area contributed by atoms with Crippen LogP contribution in [0, 0.1) is 18.3 Å². The zero-order valence-corrected chi connectivity index (χ0v) is 15.5. The Labute approximate surface area is 160 Å². The summed E-state index contributed by atoms with van der Waals surface area (Å²) in [4.78, 5) is 10.4. The molecule has 0 aliphatic rings. The molecule has 7 heteroatoms. The predicted octanol–water partition coefficient (Wildman–Crippen LogP) is 5.70. The highest BCUT2D eigenvalue weighted by Crippen LogP contribution is 2.34. The Balaban J connectivity index is 2.40. The van der Waals surface area contributed by atoms with Crippen molar-refractivity contribution in [2.45, 2.75) is 17.7 Å². The number of anilines is 1. The van der Waals surface area contributed by atoms with Gasteiger partial charge in [-0.2, -0.15) is 5.26 Å². The molecule has 0 radical (unpaired) electrons. The molecular weight excluding hydrogens is 390 g/mol. The molecule has 3 nitrogen and oxygen atoms in total. The van der Waals surface area contributed by atoms with Crippen molar-refractivity contribution in [2.75, 3.05) is 5.32 Å². The third-order valence-corrected chi connectivity index (χ3v) is 4.42. The largest absolute Gasteiger partial charge is 0.323 e. The van der Waals surface area contributed by atoms with Crippen LogP contribution >= 0.6 is 46.4 Å². The molecule has 0 aromatic heterocycles. The molecule has 2 aromatic rings. The second-order valence-electron chi connectivity index (χ2n) is 5.09. The molecule has 0 aliphatic carbocycles. The predicted molar refractivity (Wildman–Crippen MR) is 99.2 cm³/mol. The normalized spacial score (nSPS) is 11.9. The van der Waals surface area contributed by atoms with Gasteiger partial charge in [0.05, 0.1) is 12.0 Å². The van der Waals surface area contributed by atoms with Gasteiger partial charge in [0.15, 0.2) is 4.84 Å². The number of nitrogens with zero attached hydrogens (tertiary/aromatic N) is 1. The first-order valence-electron chi connectivity index (χ1n) is 6.87. The molecule has 0 heterocycles. The quantitative estimate of drug-likeness (QED) is 0.668. The number of rotatable bonds is 4. The minimum Gasteiger partial charge on any atom is -0.323 e. The summed E-state index contributed by atoms with van der Waals surface area (Å²) in [7, 11) is 0. The van der Waals surface area contributed by atoms with Crippen LogP contribution in [0.5, 0.6) is 0 Å². The Kier molecular flexibility index (Phi) is 6.37. The summed E-state index contributed by atoms with van der Waals surface area (Å²) in [5.74, 6) is -1.09. The van der Waals surface area contributed by atoms with Gasteiger partial charge in [-0.25, -0.2) is 0 Å².